The Bertz CT molecular complexity index is 510. The van der Waals surface area contributed by atoms with Gasteiger partial charge in [-0.15, -0.1) is 0 Å². The lowest BCUT2D eigenvalue weighted by atomic mass is 9.79. The maximum atomic E-state index is 12.7. The van der Waals surface area contributed by atoms with Crippen LogP contribution in [0.4, 0.5) is 5.69 Å². The monoisotopic (exact) mass is 310 g/mol. The first-order chi connectivity index (χ1) is 9.56. The summed E-state index contributed by atoms with van der Waals surface area (Å²) in [6.07, 6.45) is 5.66. The number of carbonyl (C=O) groups excluding carboxylic acids is 1. The van der Waals surface area contributed by atoms with Crippen LogP contribution in [0.2, 0.25) is 5.02 Å². The number of thiocarbonyl (C=S) groups is 1. The first-order valence-electron chi connectivity index (χ1n) is 6.92. The number of para-hydroxylation sites is 1. The third-order valence-electron chi connectivity index (χ3n) is 3.99. The molecule has 0 spiro atoms. The van der Waals surface area contributed by atoms with E-state index in [1.165, 1.54) is 0 Å². The van der Waals surface area contributed by atoms with Gasteiger partial charge in [-0.3, -0.25) is 4.79 Å². The van der Waals surface area contributed by atoms with Crippen LogP contribution in [0.1, 0.15) is 38.5 Å². The van der Waals surface area contributed by atoms with Gasteiger partial charge in [0.05, 0.1) is 21.1 Å². The third kappa shape index (κ3) is 3.13. The van der Waals surface area contributed by atoms with Gasteiger partial charge in [-0.25, -0.2) is 0 Å². The fraction of sp³-hybridized carbons (Fsp3) is 0.467. The molecule has 1 amide bonds. The van der Waals surface area contributed by atoms with Crippen LogP contribution >= 0.6 is 23.8 Å². The Morgan fingerprint density at radius 3 is 2.35 bits per heavy atom. The van der Waals surface area contributed by atoms with Crippen molar-refractivity contribution >= 4 is 40.4 Å². The van der Waals surface area contributed by atoms with Crippen molar-refractivity contribution in [1.82, 2.24) is 0 Å². The molecular weight excluding hydrogens is 292 g/mol. The summed E-state index contributed by atoms with van der Waals surface area (Å²) in [6.45, 7) is 0. The molecule has 3 nitrogen and oxygen atoms in total. The molecule has 0 bridgehead atoms. The number of carbonyl (C=O) groups is 1. The summed E-state index contributed by atoms with van der Waals surface area (Å²) >= 11 is 11.3. The number of halogens is 1. The van der Waals surface area contributed by atoms with Gasteiger partial charge in [0.25, 0.3) is 0 Å². The summed E-state index contributed by atoms with van der Waals surface area (Å²) in [7, 11) is 0. The second-order valence-corrected chi connectivity index (χ2v) is 6.14. The number of anilines is 1. The topological polar surface area (TPSA) is 55.1 Å². The minimum absolute atomic E-state index is 0.125. The molecule has 2 rings (SSSR count). The van der Waals surface area contributed by atoms with Crippen LogP contribution in [0, 0.1) is 5.41 Å². The van der Waals surface area contributed by atoms with Crippen LogP contribution in [0.15, 0.2) is 24.3 Å². The number of hydrogen-bond donors (Lipinski definition) is 2. The normalized spacial score (nSPS) is 18.1. The van der Waals surface area contributed by atoms with Crippen molar-refractivity contribution in [2.24, 2.45) is 11.1 Å². The van der Waals surface area contributed by atoms with E-state index < -0.39 is 5.41 Å². The third-order valence-corrected chi connectivity index (χ3v) is 4.71. The van der Waals surface area contributed by atoms with Gasteiger partial charge in [0.1, 0.15) is 0 Å². The van der Waals surface area contributed by atoms with E-state index >= 15 is 0 Å². The van der Waals surface area contributed by atoms with Gasteiger partial charge in [0.2, 0.25) is 5.91 Å². The first kappa shape index (κ1) is 15.3. The minimum Gasteiger partial charge on any atom is -0.392 e. The van der Waals surface area contributed by atoms with Crippen molar-refractivity contribution < 1.29 is 4.79 Å². The molecule has 0 radical (unpaired) electrons. The molecule has 1 aromatic carbocycles. The largest absolute Gasteiger partial charge is 0.392 e. The maximum absolute atomic E-state index is 12.7. The zero-order chi connectivity index (χ0) is 14.6. The van der Waals surface area contributed by atoms with Crippen LogP contribution in [0.25, 0.3) is 0 Å². The van der Waals surface area contributed by atoms with Gasteiger partial charge in [-0.2, -0.15) is 0 Å². The van der Waals surface area contributed by atoms with Crippen molar-refractivity contribution in [1.29, 1.82) is 0 Å². The van der Waals surface area contributed by atoms with Crippen LogP contribution in [-0.4, -0.2) is 10.9 Å². The Balaban J connectivity index is 2.23. The van der Waals surface area contributed by atoms with E-state index in [0.29, 0.717) is 15.7 Å². The fourth-order valence-corrected chi connectivity index (χ4v) is 3.20. The Labute approximate surface area is 129 Å². The molecule has 0 heterocycles. The lowest BCUT2D eigenvalue weighted by Crippen LogP contribution is -2.45. The first-order valence-corrected chi connectivity index (χ1v) is 7.71. The molecule has 1 aromatic rings. The average Bonchev–Trinajstić information content (AvgIpc) is 2.68. The number of nitrogens with two attached hydrogens (primary N) is 1. The molecule has 1 aliphatic carbocycles. The molecule has 1 fully saturated rings. The molecule has 0 aromatic heterocycles. The standard InChI is InChI=1S/C15H19ClN2OS/c16-11-7-3-4-8-12(11)18-14(19)15(13(17)20)9-5-1-2-6-10-15/h3-4,7-8H,1-2,5-6,9-10H2,(H2,17,20)(H,18,19). The summed E-state index contributed by atoms with van der Waals surface area (Å²) in [6, 6.07) is 7.19. The zero-order valence-electron chi connectivity index (χ0n) is 11.3. The fourth-order valence-electron chi connectivity index (χ4n) is 2.72. The van der Waals surface area contributed by atoms with Gasteiger partial charge < -0.3 is 11.1 Å². The van der Waals surface area contributed by atoms with E-state index in [2.05, 4.69) is 5.32 Å². The lowest BCUT2D eigenvalue weighted by molar-refractivity contribution is -0.122. The highest BCUT2D eigenvalue weighted by atomic mass is 35.5. The van der Waals surface area contributed by atoms with Crippen LogP contribution < -0.4 is 11.1 Å². The van der Waals surface area contributed by atoms with Crippen molar-refractivity contribution in [2.45, 2.75) is 38.5 Å². The van der Waals surface area contributed by atoms with E-state index in [1.807, 2.05) is 12.1 Å². The van der Waals surface area contributed by atoms with Gasteiger partial charge in [0.15, 0.2) is 0 Å². The van der Waals surface area contributed by atoms with E-state index in [9.17, 15) is 4.79 Å². The molecule has 5 heteroatoms. The second kappa shape index (κ2) is 6.55. The summed E-state index contributed by atoms with van der Waals surface area (Å²) in [5, 5.41) is 3.41. The van der Waals surface area contributed by atoms with Crippen molar-refractivity contribution in [3.63, 3.8) is 0 Å². The Hall–Kier alpha value is -1.13. The number of amides is 1. The SMILES string of the molecule is NC(=S)C1(C(=O)Nc2ccccc2Cl)CCCCCC1. The molecule has 1 saturated carbocycles. The van der Waals surface area contributed by atoms with E-state index in [0.717, 1.165) is 38.5 Å². The molecule has 0 atom stereocenters. The van der Waals surface area contributed by atoms with Crippen LogP contribution in [0.5, 0.6) is 0 Å². The van der Waals surface area contributed by atoms with Gasteiger partial charge in [-0.05, 0) is 25.0 Å². The molecule has 0 unspecified atom stereocenters. The summed E-state index contributed by atoms with van der Waals surface area (Å²) < 4.78 is 0. The van der Waals surface area contributed by atoms with E-state index in [4.69, 9.17) is 29.6 Å². The zero-order valence-corrected chi connectivity index (χ0v) is 12.9. The lowest BCUT2D eigenvalue weighted by Gasteiger charge is -2.30. The van der Waals surface area contributed by atoms with Crippen LogP contribution in [-0.2, 0) is 4.79 Å². The number of hydrogen-bond acceptors (Lipinski definition) is 2. The molecular formula is C15H19ClN2OS. The van der Waals surface area contributed by atoms with Gasteiger partial charge in [-0.1, -0.05) is 61.6 Å². The minimum atomic E-state index is -0.731. The van der Waals surface area contributed by atoms with Gasteiger partial charge >= 0.3 is 0 Å². The van der Waals surface area contributed by atoms with Gasteiger partial charge in [0, 0.05) is 0 Å². The highest BCUT2D eigenvalue weighted by Crippen LogP contribution is 2.37. The Kier molecular flexibility index (Phi) is 5.00. The van der Waals surface area contributed by atoms with Crippen molar-refractivity contribution in [3.8, 4) is 0 Å². The average molecular weight is 311 g/mol. The highest BCUT2D eigenvalue weighted by molar-refractivity contribution is 7.80. The Morgan fingerprint density at radius 1 is 1.20 bits per heavy atom. The quantitative estimate of drug-likeness (QED) is 0.657. The molecule has 20 heavy (non-hydrogen) atoms. The summed E-state index contributed by atoms with van der Waals surface area (Å²) in [4.78, 5) is 13.0. The molecule has 1 aliphatic rings. The van der Waals surface area contributed by atoms with E-state index in [-0.39, 0.29) is 5.91 Å². The number of rotatable bonds is 3. The van der Waals surface area contributed by atoms with Crippen LogP contribution in [0.3, 0.4) is 0 Å². The Morgan fingerprint density at radius 2 is 1.80 bits per heavy atom. The molecule has 0 saturated heterocycles. The smallest absolute Gasteiger partial charge is 0.237 e. The molecule has 0 aliphatic heterocycles. The molecule has 3 N–H and O–H groups in total. The second-order valence-electron chi connectivity index (χ2n) is 5.29. The highest BCUT2D eigenvalue weighted by Gasteiger charge is 2.41. The predicted molar refractivity (Wildman–Crippen MR) is 87.0 cm³/mol. The molecule has 108 valence electrons. The maximum Gasteiger partial charge on any atom is 0.237 e. The number of benzene rings is 1. The predicted octanol–water partition coefficient (Wildman–Crippen LogP) is 3.91. The van der Waals surface area contributed by atoms with E-state index in [1.54, 1.807) is 12.1 Å². The summed E-state index contributed by atoms with van der Waals surface area (Å²) in [5.74, 6) is -0.125. The number of nitrogens with one attached hydrogen (secondary N) is 1. The van der Waals surface area contributed by atoms with Crippen molar-refractivity contribution in [3.05, 3.63) is 29.3 Å². The van der Waals surface area contributed by atoms with Crippen molar-refractivity contribution in [2.75, 3.05) is 5.32 Å². The summed E-state index contributed by atoms with van der Waals surface area (Å²) in [5.41, 5.74) is 5.78.